The minimum absolute atomic E-state index is 0.0363. The van der Waals surface area contributed by atoms with E-state index < -0.39 is 0 Å². The molecule has 1 aliphatic carbocycles. The summed E-state index contributed by atoms with van der Waals surface area (Å²) in [5.41, 5.74) is -0.203. The number of nitrogens with one attached hydrogen (secondary N) is 1. The van der Waals surface area contributed by atoms with Gasteiger partial charge in [-0.3, -0.25) is 4.79 Å². The van der Waals surface area contributed by atoms with E-state index in [1.165, 1.54) is 7.11 Å². The number of methoxy groups -OCH3 is 1. The van der Waals surface area contributed by atoms with E-state index in [1.807, 2.05) is 0 Å². The Labute approximate surface area is 92.6 Å². The van der Waals surface area contributed by atoms with Crippen LogP contribution in [0, 0.1) is 11.3 Å². The molecule has 0 heterocycles. The Kier molecular flexibility index (Phi) is 4.58. The first-order valence-electron chi connectivity index (χ1n) is 5.90. The van der Waals surface area contributed by atoms with Crippen molar-refractivity contribution in [2.24, 2.45) is 11.3 Å². The fourth-order valence-electron chi connectivity index (χ4n) is 1.99. The number of esters is 1. The van der Waals surface area contributed by atoms with Gasteiger partial charge in [0.1, 0.15) is 0 Å². The van der Waals surface area contributed by atoms with E-state index in [2.05, 4.69) is 19.2 Å². The molecule has 1 aliphatic rings. The van der Waals surface area contributed by atoms with Gasteiger partial charge in [-0.1, -0.05) is 20.3 Å². The van der Waals surface area contributed by atoms with E-state index in [4.69, 9.17) is 4.74 Å². The molecule has 0 aliphatic heterocycles. The lowest BCUT2D eigenvalue weighted by Gasteiger charge is -2.39. The summed E-state index contributed by atoms with van der Waals surface area (Å²) in [6.07, 6.45) is 4.28. The zero-order valence-corrected chi connectivity index (χ0v) is 10.1. The van der Waals surface area contributed by atoms with Crippen LogP contribution in [0.1, 0.15) is 39.5 Å². The number of hydrogen-bond acceptors (Lipinski definition) is 3. The molecular formula is C12H23NO2. The number of ether oxygens (including phenoxy) is 1. The molecule has 0 saturated heterocycles. The molecule has 0 amide bonds. The normalized spacial score (nSPS) is 18.7. The summed E-state index contributed by atoms with van der Waals surface area (Å²) in [5, 5.41) is 3.37. The number of rotatable bonds is 6. The van der Waals surface area contributed by atoms with Crippen molar-refractivity contribution < 1.29 is 9.53 Å². The second-order valence-electron chi connectivity index (χ2n) is 4.98. The third-order valence-corrected chi connectivity index (χ3v) is 3.29. The first kappa shape index (κ1) is 12.5. The third-order valence-electron chi connectivity index (χ3n) is 3.29. The molecule has 15 heavy (non-hydrogen) atoms. The van der Waals surface area contributed by atoms with Crippen molar-refractivity contribution in [3.63, 3.8) is 0 Å². The van der Waals surface area contributed by atoms with Gasteiger partial charge in [-0.15, -0.1) is 0 Å². The molecule has 0 aromatic heterocycles. The molecule has 0 bridgehead atoms. The number of hydrogen-bond donors (Lipinski definition) is 1. The molecule has 3 heteroatoms. The van der Waals surface area contributed by atoms with Crippen molar-refractivity contribution in [1.29, 1.82) is 0 Å². The molecule has 0 spiro atoms. The Bertz CT molecular complexity index is 210. The molecule has 0 atom stereocenters. The summed E-state index contributed by atoms with van der Waals surface area (Å²) in [6.45, 7) is 6.20. The van der Waals surface area contributed by atoms with E-state index in [9.17, 15) is 4.79 Å². The maximum absolute atomic E-state index is 11.6. The van der Waals surface area contributed by atoms with Gasteiger partial charge < -0.3 is 10.1 Å². The van der Waals surface area contributed by atoms with Crippen LogP contribution in [0.2, 0.25) is 0 Å². The molecular weight excluding hydrogens is 190 g/mol. The van der Waals surface area contributed by atoms with Crippen LogP contribution in [0.4, 0.5) is 0 Å². The molecule has 3 nitrogen and oxygen atoms in total. The van der Waals surface area contributed by atoms with Gasteiger partial charge >= 0.3 is 5.97 Å². The second kappa shape index (κ2) is 5.50. The van der Waals surface area contributed by atoms with E-state index in [1.54, 1.807) is 0 Å². The fourth-order valence-corrected chi connectivity index (χ4v) is 1.99. The summed E-state index contributed by atoms with van der Waals surface area (Å²) < 4.78 is 4.86. The Morgan fingerprint density at radius 3 is 2.53 bits per heavy atom. The molecule has 0 radical (unpaired) electrons. The highest BCUT2D eigenvalue weighted by molar-refractivity contribution is 5.78. The summed E-state index contributed by atoms with van der Waals surface area (Å²) in [5.74, 6) is 0.679. The average molecular weight is 213 g/mol. The van der Waals surface area contributed by atoms with Gasteiger partial charge in [0.25, 0.3) is 0 Å². The van der Waals surface area contributed by atoms with E-state index in [0.29, 0.717) is 5.92 Å². The van der Waals surface area contributed by atoms with Crippen molar-refractivity contribution >= 4 is 5.97 Å². The van der Waals surface area contributed by atoms with Crippen LogP contribution in [0.15, 0.2) is 0 Å². The standard InChI is InChI=1S/C12H23NO2/c1-10(2)5-8-13-9-12(6-4-7-12)11(14)15-3/h10,13H,4-9H2,1-3H3. The molecule has 1 fully saturated rings. The quantitative estimate of drug-likeness (QED) is 0.541. The number of carbonyl (C=O) groups excluding carboxylic acids is 1. The Hall–Kier alpha value is -0.570. The van der Waals surface area contributed by atoms with Crippen LogP contribution in [0.25, 0.3) is 0 Å². The lowest BCUT2D eigenvalue weighted by Crippen LogP contribution is -2.47. The van der Waals surface area contributed by atoms with Gasteiger partial charge in [0.05, 0.1) is 12.5 Å². The Morgan fingerprint density at radius 2 is 2.13 bits per heavy atom. The third kappa shape index (κ3) is 3.20. The van der Waals surface area contributed by atoms with Crippen LogP contribution in [-0.2, 0) is 9.53 Å². The SMILES string of the molecule is COC(=O)C1(CNCCC(C)C)CCC1. The van der Waals surface area contributed by atoms with Gasteiger partial charge in [0.15, 0.2) is 0 Å². The molecule has 1 saturated carbocycles. The maximum Gasteiger partial charge on any atom is 0.313 e. The number of carbonyl (C=O) groups is 1. The summed E-state index contributed by atoms with van der Waals surface area (Å²) in [6, 6.07) is 0. The van der Waals surface area contributed by atoms with E-state index in [-0.39, 0.29) is 11.4 Å². The smallest absolute Gasteiger partial charge is 0.313 e. The van der Waals surface area contributed by atoms with Crippen molar-refractivity contribution in [2.75, 3.05) is 20.2 Å². The summed E-state index contributed by atoms with van der Waals surface area (Å²) in [4.78, 5) is 11.6. The van der Waals surface area contributed by atoms with Gasteiger partial charge in [0.2, 0.25) is 0 Å². The maximum atomic E-state index is 11.6. The molecule has 1 N–H and O–H groups in total. The van der Waals surface area contributed by atoms with Gasteiger partial charge in [-0.05, 0) is 31.7 Å². The first-order chi connectivity index (χ1) is 7.10. The van der Waals surface area contributed by atoms with Crippen LogP contribution >= 0.6 is 0 Å². The summed E-state index contributed by atoms with van der Waals surface area (Å²) >= 11 is 0. The van der Waals surface area contributed by atoms with Crippen LogP contribution in [0.5, 0.6) is 0 Å². The first-order valence-corrected chi connectivity index (χ1v) is 5.90. The lowest BCUT2D eigenvalue weighted by atomic mass is 9.68. The topological polar surface area (TPSA) is 38.3 Å². The monoisotopic (exact) mass is 213 g/mol. The van der Waals surface area contributed by atoms with Crippen LogP contribution in [0.3, 0.4) is 0 Å². The molecule has 0 unspecified atom stereocenters. The van der Waals surface area contributed by atoms with Crippen molar-refractivity contribution in [3.05, 3.63) is 0 Å². The van der Waals surface area contributed by atoms with Gasteiger partial charge in [0, 0.05) is 6.54 Å². The van der Waals surface area contributed by atoms with Gasteiger partial charge in [-0.2, -0.15) is 0 Å². The largest absolute Gasteiger partial charge is 0.469 e. The van der Waals surface area contributed by atoms with Gasteiger partial charge in [-0.25, -0.2) is 0 Å². The molecule has 1 rings (SSSR count). The van der Waals surface area contributed by atoms with Crippen molar-refractivity contribution in [1.82, 2.24) is 5.32 Å². The highest BCUT2D eigenvalue weighted by Gasteiger charge is 2.44. The minimum atomic E-state index is -0.203. The minimum Gasteiger partial charge on any atom is -0.469 e. The van der Waals surface area contributed by atoms with Crippen LogP contribution in [-0.4, -0.2) is 26.2 Å². The summed E-state index contributed by atoms with van der Waals surface area (Å²) in [7, 11) is 1.48. The lowest BCUT2D eigenvalue weighted by molar-refractivity contribution is -0.158. The van der Waals surface area contributed by atoms with E-state index in [0.717, 1.165) is 38.8 Å². The highest BCUT2D eigenvalue weighted by atomic mass is 16.5. The molecule has 88 valence electrons. The van der Waals surface area contributed by atoms with Crippen molar-refractivity contribution in [2.45, 2.75) is 39.5 Å². The highest BCUT2D eigenvalue weighted by Crippen LogP contribution is 2.41. The van der Waals surface area contributed by atoms with Crippen molar-refractivity contribution in [3.8, 4) is 0 Å². The predicted molar refractivity (Wildman–Crippen MR) is 60.6 cm³/mol. The zero-order chi connectivity index (χ0) is 11.3. The Balaban J connectivity index is 2.25. The molecule has 0 aromatic carbocycles. The van der Waals surface area contributed by atoms with Crippen LogP contribution < -0.4 is 5.32 Å². The Morgan fingerprint density at radius 1 is 1.47 bits per heavy atom. The van der Waals surface area contributed by atoms with E-state index >= 15 is 0 Å². The second-order valence-corrected chi connectivity index (χ2v) is 4.98. The zero-order valence-electron chi connectivity index (χ0n) is 10.1. The predicted octanol–water partition coefficient (Wildman–Crippen LogP) is 1.97. The average Bonchev–Trinajstić information content (AvgIpc) is 2.14. The molecule has 0 aromatic rings. The fraction of sp³-hybridized carbons (Fsp3) is 0.917.